The largest absolute Gasteiger partial charge is 0.480 e. The van der Waals surface area contributed by atoms with Gasteiger partial charge in [0.15, 0.2) is 0 Å². The number of aliphatic carboxylic acids is 1. The van der Waals surface area contributed by atoms with E-state index in [0.29, 0.717) is 6.04 Å². The fraction of sp³-hybridized carbons (Fsp3) is 0.857. The Labute approximate surface area is 114 Å². The first-order chi connectivity index (χ1) is 9.11. The van der Waals surface area contributed by atoms with Gasteiger partial charge in [0.25, 0.3) is 0 Å². The second kappa shape index (κ2) is 6.37. The Kier molecular flexibility index (Phi) is 4.80. The molecule has 108 valence electrons. The molecule has 0 aliphatic heterocycles. The standard InChI is InChI=1S/C14H24N2O3/c1-2-16(12-7-8-12)13(17)9-15(10-14(18)19)11-5-3-4-6-11/h11-12H,2-10H2,1H3,(H,18,19). The van der Waals surface area contributed by atoms with Crippen LogP contribution in [0.1, 0.15) is 45.4 Å². The smallest absolute Gasteiger partial charge is 0.317 e. The van der Waals surface area contributed by atoms with Crippen molar-refractivity contribution in [3.8, 4) is 0 Å². The van der Waals surface area contributed by atoms with E-state index in [0.717, 1.165) is 45.1 Å². The van der Waals surface area contributed by atoms with Crippen molar-refractivity contribution in [2.45, 2.75) is 57.5 Å². The number of rotatable bonds is 7. The molecule has 1 amide bonds. The summed E-state index contributed by atoms with van der Waals surface area (Å²) in [6, 6.07) is 0.686. The Morgan fingerprint density at radius 1 is 1.05 bits per heavy atom. The van der Waals surface area contributed by atoms with Crippen molar-refractivity contribution >= 4 is 11.9 Å². The second-order valence-corrected chi connectivity index (χ2v) is 5.65. The Morgan fingerprint density at radius 3 is 2.16 bits per heavy atom. The monoisotopic (exact) mass is 268 g/mol. The van der Waals surface area contributed by atoms with Crippen LogP contribution < -0.4 is 0 Å². The van der Waals surface area contributed by atoms with E-state index in [9.17, 15) is 9.59 Å². The molecule has 2 fully saturated rings. The Hall–Kier alpha value is -1.10. The van der Waals surface area contributed by atoms with Gasteiger partial charge in [-0.2, -0.15) is 0 Å². The van der Waals surface area contributed by atoms with E-state index >= 15 is 0 Å². The summed E-state index contributed by atoms with van der Waals surface area (Å²) < 4.78 is 0. The van der Waals surface area contributed by atoms with Gasteiger partial charge >= 0.3 is 5.97 Å². The predicted octanol–water partition coefficient (Wildman–Crippen LogP) is 1.33. The Balaban J connectivity index is 1.93. The Morgan fingerprint density at radius 2 is 1.68 bits per heavy atom. The summed E-state index contributed by atoms with van der Waals surface area (Å²) in [4.78, 5) is 27.0. The summed E-state index contributed by atoms with van der Waals surface area (Å²) in [7, 11) is 0. The summed E-state index contributed by atoms with van der Waals surface area (Å²) in [5.74, 6) is -0.743. The van der Waals surface area contributed by atoms with E-state index < -0.39 is 5.97 Å². The highest BCUT2D eigenvalue weighted by Gasteiger charge is 2.33. The highest BCUT2D eigenvalue weighted by molar-refractivity contribution is 5.79. The first-order valence-electron chi connectivity index (χ1n) is 7.37. The van der Waals surface area contributed by atoms with Gasteiger partial charge in [-0.3, -0.25) is 14.5 Å². The van der Waals surface area contributed by atoms with Crippen molar-refractivity contribution in [3.63, 3.8) is 0 Å². The summed E-state index contributed by atoms with van der Waals surface area (Å²) in [6.07, 6.45) is 6.54. The van der Waals surface area contributed by atoms with Crippen LogP contribution in [-0.2, 0) is 9.59 Å². The van der Waals surface area contributed by atoms with Crippen LogP contribution >= 0.6 is 0 Å². The van der Waals surface area contributed by atoms with E-state index in [1.165, 1.54) is 0 Å². The zero-order valence-electron chi connectivity index (χ0n) is 11.7. The maximum Gasteiger partial charge on any atom is 0.317 e. The van der Waals surface area contributed by atoms with E-state index in [2.05, 4.69) is 0 Å². The van der Waals surface area contributed by atoms with Crippen molar-refractivity contribution in [3.05, 3.63) is 0 Å². The summed E-state index contributed by atoms with van der Waals surface area (Å²) in [5.41, 5.74) is 0. The molecule has 0 saturated heterocycles. The summed E-state index contributed by atoms with van der Waals surface area (Å²) >= 11 is 0. The molecule has 0 bridgehead atoms. The van der Waals surface area contributed by atoms with E-state index in [-0.39, 0.29) is 25.0 Å². The van der Waals surface area contributed by atoms with Gasteiger partial charge in [-0.05, 0) is 32.6 Å². The zero-order chi connectivity index (χ0) is 13.8. The molecule has 2 rings (SSSR count). The average Bonchev–Trinajstić information content (AvgIpc) is 3.03. The first kappa shape index (κ1) is 14.3. The summed E-state index contributed by atoms with van der Waals surface area (Å²) in [6.45, 7) is 2.97. The van der Waals surface area contributed by atoms with Crippen LogP contribution in [0.2, 0.25) is 0 Å². The van der Waals surface area contributed by atoms with Gasteiger partial charge in [-0.1, -0.05) is 12.8 Å². The number of amides is 1. The van der Waals surface area contributed by atoms with E-state index in [1.54, 1.807) is 0 Å². The maximum absolute atomic E-state index is 12.3. The normalized spacial score (nSPS) is 19.9. The molecule has 0 aromatic rings. The van der Waals surface area contributed by atoms with E-state index in [1.807, 2.05) is 16.7 Å². The quantitative estimate of drug-likeness (QED) is 0.756. The van der Waals surface area contributed by atoms with Gasteiger partial charge in [0.05, 0.1) is 13.1 Å². The lowest BCUT2D eigenvalue weighted by molar-refractivity contribution is -0.140. The molecule has 2 aliphatic carbocycles. The van der Waals surface area contributed by atoms with E-state index in [4.69, 9.17) is 5.11 Å². The third kappa shape index (κ3) is 3.93. The number of nitrogens with zero attached hydrogens (tertiary/aromatic N) is 2. The van der Waals surface area contributed by atoms with Crippen LogP contribution in [0.3, 0.4) is 0 Å². The van der Waals surface area contributed by atoms with Gasteiger partial charge in [0, 0.05) is 18.6 Å². The number of hydrogen-bond acceptors (Lipinski definition) is 3. The highest BCUT2D eigenvalue weighted by Crippen LogP contribution is 2.27. The third-order valence-electron chi connectivity index (χ3n) is 4.17. The molecule has 2 aliphatic rings. The van der Waals surface area contributed by atoms with Crippen molar-refractivity contribution in [1.82, 2.24) is 9.80 Å². The van der Waals surface area contributed by atoms with Crippen LogP contribution in [0, 0.1) is 0 Å². The van der Waals surface area contributed by atoms with Crippen LogP contribution in [0.15, 0.2) is 0 Å². The fourth-order valence-corrected chi connectivity index (χ4v) is 3.05. The molecule has 19 heavy (non-hydrogen) atoms. The molecule has 0 heterocycles. The van der Waals surface area contributed by atoms with Gasteiger partial charge in [0.1, 0.15) is 0 Å². The molecule has 0 aromatic heterocycles. The molecule has 5 nitrogen and oxygen atoms in total. The molecular weight excluding hydrogens is 244 g/mol. The number of likely N-dealkylation sites (N-methyl/N-ethyl adjacent to an activating group) is 1. The maximum atomic E-state index is 12.3. The molecule has 5 heteroatoms. The van der Waals surface area contributed by atoms with Crippen LogP contribution in [-0.4, -0.2) is 58.5 Å². The molecular formula is C14H24N2O3. The number of carboxylic acid groups (broad SMARTS) is 1. The number of hydrogen-bond donors (Lipinski definition) is 1. The average molecular weight is 268 g/mol. The topological polar surface area (TPSA) is 60.9 Å². The molecule has 0 atom stereocenters. The minimum atomic E-state index is -0.839. The molecule has 0 spiro atoms. The number of carbonyl (C=O) groups is 2. The van der Waals surface area contributed by atoms with Crippen molar-refractivity contribution in [2.75, 3.05) is 19.6 Å². The fourth-order valence-electron chi connectivity index (χ4n) is 3.05. The summed E-state index contributed by atoms with van der Waals surface area (Å²) in [5, 5.41) is 9.01. The molecule has 0 unspecified atom stereocenters. The molecule has 2 saturated carbocycles. The molecule has 1 N–H and O–H groups in total. The van der Waals surface area contributed by atoms with Crippen molar-refractivity contribution in [1.29, 1.82) is 0 Å². The van der Waals surface area contributed by atoms with Gasteiger partial charge in [-0.15, -0.1) is 0 Å². The molecule has 0 aromatic carbocycles. The van der Waals surface area contributed by atoms with Gasteiger partial charge < -0.3 is 10.0 Å². The third-order valence-corrected chi connectivity index (χ3v) is 4.17. The predicted molar refractivity (Wildman–Crippen MR) is 71.9 cm³/mol. The van der Waals surface area contributed by atoms with Crippen molar-refractivity contribution in [2.24, 2.45) is 0 Å². The van der Waals surface area contributed by atoms with Crippen LogP contribution in [0.25, 0.3) is 0 Å². The van der Waals surface area contributed by atoms with Gasteiger partial charge in [-0.25, -0.2) is 0 Å². The second-order valence-electron chi connectivity index (χ2n) is 5.65. The number of carboxylic acids is 1. The number of carbonyl (C=O) groups excluding carboxylic acids is 1. The minimum Gasteiger partial charge on any atom is -0.480 e. The lowest BCUT2D eigenvalue weighted by Crippen LogP contribution is -2.46. The zero-order valence-corrected chi connectivity index (χ0v) is 11.7. The van der Waals surface area contributed by atoms with Crippen LogP contribution in [0.5, 0.6) is 0 Å². The Bertz CT molecular complexity index is 336. The van der Waals surface area contributed by atoms with Crippen LogP contribution in [0.4, 0.5) is 0 Å². The lowest BCUT2D eigenvalue weighted by Gasteiger charge is -2.29. The minimum absolute atomic E-state index is 0.0153. The van der Waals surface area contributed by atoms with Gasteiger partial charge in [0.2, 0.25) is 5.91 Å². The lowest BCUT2D eigenvalue weighted by atomic mass is 10.2. The molecule has 0 radical (unpaired) electrons. The highest BCUT2D eigenvalue weighted by atomic mass is 16.4. The first-order valence-corrected chi connectivity index (χ1v) is 7.37. The SMILES string of the molecule is CCN(C(=O)CN(CC(=O)O)C1CCCC1)C1CC1. The van der Waals surface area contributed by atoms with Crippen molar-refractivity contribution < 1.29 is 14.7 Å².